The average Bonchev–Trinajstić information content (AvgIpc) is 2.59. The van der Waals surface area contributed by atoms with Gasteiger partial charge in [0.05, 0.1) is 5.92 Å². The van der Waals surface area contributed by atoms with E-state index in [1.54, 1.807) is 18.2 Å². The van der Waals surface area contributed by atoms with Crippen molar-refractivity contribution in [1.29, 1.82) is 0 Å². The van der Waals surface area contributed by atoms with Crippen LogP contribution in [0.1, 0.15) is 37.9 Å². The summed E-state index contributed by atoms with van der Waals surface area (Å²) < 4.78 is 14.0. The minimum absolute atomic E-state index is 0. The molecule has 136 valence electrons. The molecule has 3 N–H and O–H groups in total. The zero-order chi connectivity index (χ0) is 17.7. The van der Waals surface area contributed by atoms with E-state index in [2.05, 4.69) is 5.32 Å². The molecule has 0 aromatic heterocycles. The molecule has 5 heteroatoms. The standard InChI is InChI=1S/C20H25FN2O.ClH/c1-14(18(22)15-9-5-4-6-10-15)19(24)23-13-20(2,3)16-11-7-8-12-17(16)21;/h4-12,14,18H,13,22H2,1-3H3,(H,23,24);1H. The van der Waals surface area contributed by atoms with Crippen LogP contribution in [-0.2, 0) is 10.2 Å². The summed E-state index contributed by atoms with van der Waals surface area (Å²) in [6.07, 6.45) is 0. The largest absolute Gasteiger partial charge is 0.355 e. The van der Waals surface area contributed by atoms with Gasteiger partial charge in [-0.2, -0.15) is 0 Å². The second kappa shape index (κ2) is 8.97. The highest BCUT2D eigenvalue weighted by Crippen LogP contribution is 2.25. The molecule has 0 aliphatic heterocycles. The Balaban J connectivity index is 0.00000312. The molecule has 25 heavy (non-hydrogen) atoms. The van der Waals surface area contributed by atoms with Gasteiger partial charge in [0.15, 0.2) is 0 Å². The molecule has 0 aliphatic rings. The molecule has 2 unspecified atom stereocenters. The summed E-state index contributed by atoms with van der Waals surface area (Å²) in [6, 6.07) is 15.8. The number of benzene rings is 2. The first-order valence-electron chi connectivity index (χ1n) is 8.16. The van der Waals surface area contributed by atoms with Crippen LogP contribution in [0.2, 0.25) is 0 Å². The van der Waals surface area contributed by atoms with E-state index in [0.717, 1.165) is 5.56 Å². The molecule has 2 aromatic rings. The van der Waals surface area contributed by atoms with E-state index in [0.29, 0.717) is 12.1 Å². The van der Waals surface area contributed by atoms with Gasteiger partial charge in [-0.25, -0.2) is 4.39 Å². The molecule has 0 aliphatic carbocycles. The summed E-state index contributed by atoms with van der Waals surface area (Å²) in [5, 5.41) is 2.91. The van der Waals surface area contributed by atoms with E-state index in [1.165, 1.54) is 6.07 Å². The van der Waals surface area contributed by atoms with E-state index < -0.39 is 5.41 Å². The molecular formula is C20H26ClFN2O. The van der Waals surface area contributed by atoms with Crippen molar-refractivity contribution in [3.05, 3.63) is 71.5 Å². The molecule has 0 heterocycles. The molecule has 2 atom stereocenters. The topological polar surface area (TPSA) is 55.1 Å². The quantitative estimate of drug-likeness (QED) is 0.814. The van der Waals surface area contributed by atoms with Gasteiger partial charge in [0, 0.05) is 18.0 Å². The summed E-state index contributed by atoms with van der Waals surface area (Å²) in [7, 11) is 0. The Labute approximate surface area is 155 Å². The van der Waals surface area contributed by atoms with Crippen molar-refractivity contribution in [2.75, 3.05) is 6.54 Å². The van der Waals surface area contributed by atoms with Crippen molar-refractivity contribution < 1.29 is 9.18 Å². The Kier molecular flexibility index (Phi) is 7.59. The summed E-state index contributed by atoms with van der Waals surface area (Å²) in [5.74, 6) is -0.759. The zero-order valence-corrected chi connectivity index (χ0v) is 15.6. The van der Waals surface area contributed by atoms with Crippen LogP contribution in [0.5, 0.6) is 0 Å². The SMILES string of the molecule is CC(C(=O)NCC(C)(C)c1ccccc1F)C(N)c1ccccc1.Cl. The second-order valence-electron chi connectivity index (χ2n) is 6.81. The number of carbonyl (C=O) groups is 1. The maximum atomic E-state index is 14.0. The van der Waals surface area contributed by atoms with E-state index >= 15 is 0 Å². The molecule has 2 rings (SSSR count). The Morgan fingerprint density at radius 3 is 2.28 bits per heavy atom. The lowest BCUT2D eigenvalue weighted by atomic mass is 9.84. The lowest BCUT2D eigenvalue weighted by Crippen LogP contribution is -2.42. The number of nitrogens with two attached hydrogens (primary N) is 1. The highest BCUT2D eigenvalue weighted by Gasteiger charge is 2.27. The van der Waals surface area contributed by atoms with Crippen LogP contribution in [0.3, 0.4) is 0 Å². The first-order valence-corrected chi connectivity index (χ1v) is 8.16. The van der Waals surface area contributed by atoms with E-state index in [1.807, 2.05) is 51.1 Å². The van der Waals surface area contributed by atoms with Crippen LogP contribution in [0.4, 0.5) is 4.39 Å². The van der Waals surface area contributed by atoms with Crippen LogP contribution in [0.25, 0.3) is 0 Å². The van der Waals surface area contributed by atoms with Gasteiger partial charge < -0.3 is 11.1 Å². The fraction of sp³-hybridized carbons (Fsp3) is 0.350. The van der Waals surface area contributed by atoms with Gasteiger partial charge in [-0.05, 0) is 17.2 Å². The predicted molar refractivity (Wildman–Crippen MR) is 102 cm³/mol. The molecular weight excluding hydrogens is 339 g/mol. The monoisotopic (exact) mass is 364 g/mol. The minimum atomic E-state index is -0.502. The van der Waals surface area contributed by atoms with Crippen molar-refractivity contribution in [2.24, 2.45) is 11.7 Å². The number of halogens is 2. The molecule has 0 saturated carbocycles. The lowest BCUT2D eigenvalue weighted by molar-refractivity contribution is -0.125. The van der Waals surface area contributed by atoms with E-state index in [9.17, 15) is 9.18 Å². The van der Waals surface area contributed by atoms with Crippen LogP contribution in [-0.4, -0.2) is 12.5 Å². The zero-order valence-electron chi connectivity index (χ0n) is 14.8. The molecule has 1 amide bonds. The molecule has 0 fully saturated rings. The van der Waals surface area contributed by atoms with Gasteiger partial charge >= 0.3 is 0 Å². The summed E-state index contributed by atoms with van der Waals surface area (Å²) in [4.78, 5) is 12.4. The van der Waals surface area contributed by atoms with Crippen molar-refractivity contribution in [3.63, 3.8) is 0 Å². The molecule has 0 saturated heterocycles. The maximum absolute atomic E-state index is 14.0. The van der Waals surface area contributed by atoms with Gasteiger partial charge in [0.25, 0.3) is 0 Å². The fourth-order valence-corrected chi connectivity index (χ4v) is 2.70. The summed E-state index contributed by atoms with van der Waals surface area (Å²) >= 11 is 0. The van der Waals surface area contributed by atoms with Crippen LogP contribution in [0.15, 0.2) is 54.6 Å². The van der Waals surface area contributed by atoms with E-state index in [4.69, 9.17) is 5.73 Å². The van der Waals surface area contributed by atoms with Gasteiger partial charge in [-0.1, -0.05) is 69.3 Å². The average molecular weight is 365 g/mol. The number of carbonyl (C=O) groups excluding carboxylic acids is 1. The number of rotatable bonds is 6. The van der Waals surface area contributed by atoms with Gasteiger partial charge in [-0.15, -0.1) is 12.4 Å². The molecule has 0 radical (unpaired) electrons. The van der Waals surface area contributed by atoms with Gasteiger partial charge in [0.1, 0.15) is 5.82 Å². The Morgan fingerprint density at radius 1 is 1.12 bits per heavy atom. The first kappa shape index (κ1) is 21.1. The third kappa shape index (κ3) is 5.28. The summed E-state index contributed by atoms with van der Waals surface area (Å²) in [5.41, 5.74) is 7.20. The number of nitrogens with one attached hydrogen (secondary N) is 1. The van der Waals surface area contributed by atoms with Crippen LogP contribution < -0.4 is 11.1 Å². The number of hydrogen-bond acceptors (Lipinski definition) is 2. The van der Waals surface area contributed by atoms with Gasteiger partial charge in [0.2, 0.25) is 5.91 Å². The first-order chi connectivity index (χ1) is 11.3. The minimum Gasteiger partial charge on any atom is -0.355 e. The number of hydrogen-bond donors (Lipinski definition) is 2. The third-order valence-corrected chi connectivity index (χ3v) is 4.44. The molecule has 0 spiro atoms. The molecule has 0 bridgehead atoms. The van der Waals surface area contributed by atoms with Crippen LogP contribution in [0, 0.1) is 11.7 Å². The van der Waals surface area contributed by atoms with Gasteiger partial charge in [-0.3, -0.25) is 4.79 Å². The van der Waals surface area contributed by atoms with Crippen LogP contribution >= 0.6 is 12.4 Å². The molecule has 3 nitrogen and oxygen atoms in total. The highest BCUT2D eigenvalue weighted by atomic mass is 35.5. The Hall–Kier alpha value is -1.91. The van der Waals surface area contributed by atoms with Crippen molar-refractivity contribution in [3.8, 4) is 0 Å². The van der Waals surface area contributed by atoms with Crippen molar-refractivity contribution in [2.45, 2.75) is 32.2 Å². The lowest BCUT2D eigenvalue weighted by Gasteiger charge is -2.28. The fourth-order valence-electron chi connectivity index (χ4n) is 2.70. The maximum Gasteiger partial charge on any atom is 0.224 e. The highest BCUT2D eigenvalue weighted by molar-refractivity contribution is 5.85. The Morgan fingerprint density at radius 2 is 1.68 bits per heavy atom. The number of amides is 1. The predicted octanol–water partition coefficient (Wildman–Crippen LogP) is 3.98. The smallest absolute Gasteiger partial charge is 0.224 e. The second-order valence-corrected chi connectivity index (χ2v) is 6.81. The summed E-state index contributed by atoms with van der Waals surface area (Å²) in [6.45, 7) is 5.97. The molecule has 2 aromatic carbocycles. The van der Waals surface area contributed by atoms with Crippen molar-refractivity contribution in [1.82, 2.24) is 5.32 Å². The Bertz CT molecular complexity index is 691. The van der Waals surface area contributed by atoms with E-state index in [-0.39, 0.29) is 36.1 Å². The normalized spacial score (nSPS) is 13.5. The van der Waals surface area contributed by atoms with Crippen molar-refractivity contribution >= 4 is 18.3 Å². The third-order valence-electron chi connectivity index (χ3n) is 4.44.